The Bertz CT molecular complexity index is 529. The molecule has 116 valence electrons. The topological polar surface area (TPSA) is 85.5 Å². The molecule has 0 atom stereocenters. The number of rotatable bonds is 7. The normalized spacial score (nSPS) is 10.3. The summed E-state index contributed by atoms with van der Waals surface area (Å²) in [6, 6.07) is 1.80. The van der Waals surface area contributed by atoms with Gasteiger partial charge < -0.3 is 15.4 Å². The van der Waals surface area contributed by atoms with Crippen molar-refractivity contribution in [2.45, 2.75) is 34.1 Å². The van der Waals surface area contributed by atoms with Crippen LogP contribution in [0.25, 0.3) is 0 Å². The van der Waals surface area contributed by atoms with Crippen molar-refractivity contribution in [1.29, 1.82) is 0 Å². The summed E-state index contributed by atoms with van der Waals surface area (Å²) >= 11 is 0. The van der Waals surface area contributed by atoms with E-state index >= 15 is 0 Å². The molecule has 6 heteroatoms. The fraction of sp³-hybridized carbons (Fsp3) is 0.533. The standard InChI is InChI=1S/C15H23N3O3/c1-5-7-18(9-12(19)21-6-2)15-13(14(16)20)10(3)8-11(4)17-15/h8H,5-7,9H2,1-4H3,(H2,16,20). The molecule has 6 nitrogen and oxygen atoms in total. The number of nitrogens with zero attached hydrogens (tertiary/aromatic N) is 2. The van der Waals surface area contributed by atoms with Gasteiger partial charge in [0.1, 0.15) is 12.4 Å². The quantitative estimate of drug-likeness (QED) is 0.771. The second-order valence-corrected chi connectivity index (χ2v) is 4.87. The predicted molar refractivity (Wildman–Crippen MR) is 81.4 cm³/mol. The highest BCUT2D eigenvalue weighted by Crippen LogP contribution is 2.22. The summed E-state index contributed by atoms with van der Waals surface area (Å²) in [5.74, 6) is -0.433. The van der Waals surface area contributed by atoms with E-state index in [4.69, 9.17) is 10.5 Å². The summed E-state index contributed by atoms with van der Waals surface area (Å²) in [5.41, 5.74) is 7.36. The molecule has 1 amide bonds. The average molecular weight is 293 g/mol. The zero-order valence-electron chi connectivity index (χ0n) is 13.1. The predicted octanol–water partition coefficient (Wildman–Crippen LogP) is 1.58. The smallest absolute Gasteiger partial charge is 0.325 e. The second kappa shape index (κ2) is 7.61. The van der Waals surface area contributed by atoms with Crippen LogP contribution in [0.15, 0.2) is 6.07 Å². The molecule has 0 unspecified atom stereocenters. The van der Waals surface area contributed by atoms with Crippen LogP contribution < -0.4 is 10.6 Å². The zero-order chi connectivity index (χ0) is 16.0. The third-order valence-corrected chi connectivity index (χ3v) is 2.99. The van der Waals surface area contributed by atoms with Crippen molar-refractivity contribution in [2.75, 3.05) is 24.6 Å². The van der Waals surface area contributed by atoms with Gasteiger partial charge in [0.2, 0.25) is 0 Å². The Labute approximate surface area is 125 Å². The zero-order valence-corrected chi connectivity index (χ0v) is 13.1. The number of pyridine rings is 1. The summed E-state index contributed by atoms with van der Waals surface area (Å²) in [7, 11) is 0. The first-order chi connectivity index (χ1) is 9.90. The molecular formula is C15H23N3O3. The number of nitrogens with two attached hydrogens (primary N) is 1. The van der Waals surface area contributed by atoms with Gasteiger partial charge in [0.15, 0.2) is 0 Å². The molecule has 0 saturated carbocycles. The van der Waals surface area contributed by atoms with E-state index in [1.54, 1.807) is 17.9 Å². The molecule has 0 fully saturated rings. The SMILES string of the molecule is CCCN(CC(=O)OCC)c1nc(C)cc(C)c1C(N)=O. The van der Waals surface area contributed by atoms with Crippen LogP contribution in [-0.2, 0) is 9.53 Å². The van der Waals surface area contributed by atoms with Gasteiger partial charge in [-0.05, 0) is 38.8 Å². The molecule has 0 saturated heterocycles. The Morgan fingerprint density at radius 1 is 1.33 bits per heavy atom. The number of esters is 1. The van der Waals surface area contributed by atoms with Gasteiger partial charge in [-0.1, -0.05) is 6.92 Å². The Kier molecular flexibility index (Phi) is 6.14. The number of amides is 1. The fourth-order valence-corrected chi connectivity index (χ4v) is 2.24. The first-order valence-corrected chi connectivity index (χ1v) is 7.09. The Balaban J connectivity index is 3.23. The van der Waals surface area contributed by atoms with Crippen LogP contribution in [0.1, 0.15) is 41.9 Å². The van der Waals surface area contributed by atoms with E-state index in [9.17, 15) is 9.59 Å². The van der Waals surface area contributed by atoms with E-state index in [1.165, 1.54) is 0 Å². The molecule has 1 aromatic rings. The van der Waals surface area contributed by atoms with Crippen molar-refractivity contribution in [3.8, 4) is 0 Å². The summed E-state index contributed by atoms with van der Waals surface area (Å²) in [6.07, 6.45) is 0.812. The van der Waals surface area contributed by atoms with Crippen LogP contribution in [0.5, 0.6) is 0 Å². The number of anilines is 1. The highest BCUT2D eigenvalue weighted by atomic mass is 16.5. The molecular weight excluding hydrogens is 270 g/mol. The van der Waals surface area contributed by atoms with Gasteiger partial charge in [-0.15, -0.1) is 0 Å². The van der Waals surface area contributed by atoms with Crippen LogP contribution in [-0.4, -0.2) is 36.6 Å². The lowest BCUT2D eigenvalue weighted by atomic mass is 10.1. The van der Waals surface area contributed by atoms with Gasteiger partial charge in [0.05, 0.1) is 12.2 Å². The molecule has 0 spiro atoms. The van der Waals surface area contributed by atoms with E-state index in [0.29, 0.717) is 24.5 Å². The van der Waals surface area contributed by atoms with E-state index < -0.39 is 5.91 Å². The third-order valence-electron chi connectivity index (χ3n) is 2.99. The summed E-state index contributed by atoms with van der Waals surface area (Å²) in [5, 5.41) is 0. The minimum atomic E-state index is -0.542. The van der Waals surface area contributed by atoms with Crippen molar-refractivity contribution in [3.05, 3.63) is 22.9 Å². The van der Waals surface area contributed by atoms with E-state index in [2.05, 4.69) is 4.98 Å². The number of carbonyl (C=O) groups excluding carboxylic acids is 2. The van der Waals surface area contributed by atoms with Crippen molar-refractivity contribution in [2.24, 2.45) is 5.73 Å². The summed E-state index contributed by atoms with van der Waals surface area (Å²) in [4.78, 5) is 29.6. The van der Waals surface area contributed by atoms with E-state index in [0.717, 1.165) is 17.7 Å². The number of hydrogen-bond acceptors (Lipinski definition) is 5. The third kappa shape index (κ3) is 4.44. The first kappa shape index (κ1) is 16.9. The number of ether oxygens (including phenoxy) is 1. The Morgan fingerprint density at radius 3 is 2.52 bits per heavy atom. The summed E-state index contributed by atoms with van der Waals surface area (Å²) in [6.45, 7) is 8.37. The number of primary amides is 1. The molecule has 0 radical (unpaired) electrons. The molecule has 0 aliphatic heterocycles. The second-order valence-electron chi connectivity index (χ2n) is 4.87. The van der Waals surface area contributed by atoms with Crippen molar-refractivity contribution < 1.29 is 14.3 Å². The fourth-order valence-electron chi connectivity index (χ4n) is 2.24. The van der Waals surface area contributed by atoms with Crippen LogP contribution in [0.4, 0.5) is 5.82 Å². The monoisotopic (exact) mass is 293 g/mol. The maximum absolute atomic E-state index is 11.7. The first-order valence-electron chi connectivity index (χ1n) is 7.09. The molecule has 0 bridgehead atoms. The van der Waals surface area contributed by atoms with Gasteiger partial charge in [-0.25, -0.2) is 4.98 Å². The van der Waals surface area contributed by atoms with Gasteiger partial charge in [0, 0.05) is 12.2 Å². The minimum Gasteiger partial charge on any atom is -0.465 e. The minimum absolute atomic E-state index is 0.0534. The molecule has 1 heterocycles. The van der Waals surface area contributed by atoms with Gasteiger partial charge >= 0.3 is 5.97 Å². The lowest BCUT2D eigenvalue weighted by Crippen LogP contribution is -2.34. The van der Waals surface area contributed by atoms with Crippen LogP contribution in [0.2, 0.25) is 0 Å². The van der Waals surface area contributed by atoms with Gasteiger partial charge in [-0.2, -0.15) is 0 Å². The van der Waals surface area contributed by atoms with Crippen LogP contribution in [0.3, 0.4) is 0 Å². The molecule has 21 heavy (non-hydrogen) atoms. The van der Waals surface area contributed by atoms with E-state index in [1.807, 2.05) is 20.8 Å². The molecule has 0 aliphatic carbocycles. The Hall–Kier alpha value is -2.11. The largest absolute Gasteiger partial charge is 0.465 e. The van der Waals surface area contributed by atoms with Crippen molar-refractivity contribution >= 4 is 17.7 Å². The Morgan fingerprint density at radius 2 is 2.00 bits per heavy atom. The molecule has 1 aromatic heterocycles. The van der Waals surface area contributed by atoms with Crippen molar-refractivity contribution in [3.63, 3.8) is 0 Å². The number of aryl methyl sites for hydroxylation is 2. The number of carbonyl (C=O) groups is 2. The molecule has 0 aromatic carbocycles. The highest BCUT2D eigenvalue weighted by Gasteiger charge is 2.21. The maximum atomic E-state index is 11.7. The molecule has 0 aliphatic rings. The number of aromatic nitrogens is 1. The molecule has 2 N–H and O–H groups in total. The maximum Gasteiger partial charge on any atom is 0.325 e. The number of hydrogen-bond donors (Lipinski definition) is 1. The van der Waals surface area contributed by atoms with Crippen LogP contribution >= 0.6 is 0 Å². The van der Waals surface area contributed by atoms with Crippen LogP contribution in [0, 0.1) is 13.8 Å². The van der Waals surface area contributed by atoms with Gasteiger partial charge in [-0.3, -0.25) is 9.59 Å². The lowest BCUT2D eigenvalue weighted by molar-refractivity contribution is -0.141. The van der Waals surface area contributed by atoms with Gasteiger partial charge in [0.25, 0.3) is 5.91 Å². The van der Waals surface area contributed by atoms with Crippen molar-refractivity contribution in [1.82, 2.24) is 4.98 Å². The van der Waals surface area contributed by atoms with E-state index in [-0.39, 0.29) is 12.5 Å². The summed E-state index contributed by atoms with van der Waals surface area (Å²) < 4.78 is 4.98. The average Bonchev–Trinajstić information content (AvgIpc) is 2.36. The molecule has 1 rings (SSSR count). The highest BCUT2D eigenvalue weighted by molar-refractivity contribution is 5.99. The lowest BCUT2D eigenvalue weighted by Gasteiger charge is -2.25.